The molecule has 4 aromatic rings. The van der Waals surface area contributed by atoms with Crippen LogP contribution in [0.25, 0.3) is 11.4 Å². The van der Waals surface area contributed by atoms with Crippen LogP contribution in [0.4, 0.5) is 5.69 Å². The van der Waals surface area contributed by atoms with E-state index in [9.17, 15) is 4.79 Å². The van der Waals surface area contributed by atoms with Gasteiger partial charge in [-0.2, -0.15) is 0 Å². The van der Waals surface area contributed by atoms with Crippen LogP contribution in [0.1, 0.15) is 6.92 Å². The highest BCUT2D eigenvalue weighted by Gasteiger charge is 2.17. The van der Waals surface area contributed by atoms with Crippen LogP contribution in [0, 0.1) is 4.77 Å². The van der Waals surface area contributed by atoms with E-state index in [0.29, 0.717) is 33.7 Å². The highest BCUT2D eigenvalue weighted by atomic mass is 35.5. The molecule has 0 spiro atoms. The number of halogens is 1. The zero-order chi connectivity index (χ0) is 21.8. The number of anilines is 1. The molecule has 4 rings (SSSR count). The topological polar surface area (TPSA) is 66.0 Å². The van der Waals surface area contributed by atoms with E-state index in [4.69, 9.17) is 28.6 Å². The molecule has 2 heterocycles. The normalized spacial score (nSPS) is 10.8. The number of para-hydroxylation sites is 2. The molecule has 0 atom stereocenters. The molecule has 0 saturated heterocycles. The first-order valence-corrected chi connectivity index (χ1v) is 10.5. The lowest BCUT2D eigenvalue weighted by atomic mass is 10.2. The number of rotatable bonds is 7. The number of hydrogen-bond acceptors (Lipinski definition) is 4. The van der Waals surface area contributed by atoms with E-state index in [1.54, 1.807) is 22.9 Å². The zero-order valence-corrected chi connectivity index (χ0v) is 18.3. The summed E-state index contributed by atoms with van der Waals surface area (Å²) in [6.45, 7) is 2.35. The smallest absolute Gasteiger partial charge is 0.246 e. The average Bonchev–Trinajstić information content (AvgIpc) is 3.39. The molecule has 0 saturated carbocycles. The lowest BCUT2D eigenvalue weighted by Crippen LogP contribution is -2.20. The predicted octanol–water partition coefficient (Wildman–Crippen LogP) is 4.88. The second-order valence-corrected chi connectivity index (χ2v) is 7.42. The van der Waals surface area contributed by atoms with Crippen molar-refractivity contribution in [3.8, 4) is 17.1 Å². The minimum atomic E-state index is -0.261. The van der Waals surface area contributed by atoms with Crippen molar-refractivity contribution in [3.05, 3.63) is 82.9 Å². The van der Waals surface area contributed by atoms with Crippen LogP contribution in [0.5, 0.6) is 5.75 Å². The van der Waals surface area contributed by atoms with Crippen LogP contribution in [0.2, 0.25) is 5.02 Å². The zero-order valence-electron chi connectivity index (χ0n) is 16.7. The monoisotopic (exact) mass is 453 g/mol. The molecule has 7 nitrogen and oxygen atoms in total. The number of carbonyl (C=O) groups is 1. The minimum Gasteiger partial charge on any atom is -0.492 e. The van der Waals surface area contributed by atoms with Crippen molar-refractivity contribution in [2.24, 2.45) is 0 Å². The van der Waals surface area contributed by atoms with Gasteiger partial charge in [-0.1, -0.05) is 23.7 Å². The van der Waals surface area contributed by atoms with E-state index < -0.39 is 0 Å². The Morgan fingerprint density at radius 2 is 1.81 bits per heavy atom. The molecule has 2 aromatic carbocycles. The molecule has 0 fully saturated rings. The summed E-state index contributed by atoms with van der Waals surface area (Å²) in [6, 6.07) is 18.4. The summed E-state index contributed by atoms with van der Waals surface area (Å²) < 4.78 is 11.0. The molecule has 0 radical (unpaired) electrons. The third kappa shape index (κ3) is 4.55. The van der Waals surface area contributed by atoms with E-state index in [-0.39, 0.29) is 12.5 Å². The Morgan fingerprint density at radius 1 is 1.10 bits per heavy atom. The lowest BCUT2D eigenvalue weighted by molar-refractivity contribution is -0.116. The molecule has 0 aliphatic carbocycles. The highest BCUT2D eigenvalue weighted by molar-refractivity contribution is 7.71. The molecule has 9 heteroatoms. The van der Waals surface area contributed by atoms with Gasteiger partial charge in [0.05, 0.1) is 12.3 Å². The third-order valence-electron chi connectivity index (χ3n) is 4.49. The predicted molar refractivity (Wildman–Crippen MR) is 123 cm³/mol. The van der Waals surface area contributed by atoms with E-state index >= 15 is 0 Å². The minimum absolute atomic E-state index is 0.0475. The first-order valence-electron chi connectivity index (χ1n) is 9.68. The number of aromatic nitrogens is 4. The van der Waals surface area contributed by atoms with Gasteiger partial charge >= 0.3 is 0 Å². The number of hydrogen-bond donors (Lipinski definition) is 1. The van der Waals surface area contributed by atoms with Crippen molar-refractivity contribution in [2.45, 2.75) is 13.5 Å². The fraction of sp³-hybridized carbons (Fsp3) is 0.136. The molecule has 1 amide bonds. The molecule has 0 bridgehead atoms. The Bertz CT molecular complexity index is 1250. The standard InChI is InChI=1S/C22H20ClN5O2S/c1-2-30-19-8-4-3-7-18(19)24-20(29)15-27-22(31)28(26-13-5-6-14-26)21(25-27)16-9-11-17(23)12-10-16/h3-14H,2,15H2,1H3,(H,24,29). The third-order valence-corrected chi connectivity index (χ3v) is 5.13. The van der Waals surface area contributed by atoms with Gasteiger partial charge in [0.2, 0.25) is 10.7 Å². The second kappa shape index (κ2) is 9.20. The first kappa shape index (κ1) is 20.9. The van der Waals surface area contributed by atoms with Crippen LogP contribution >= 0.6 is 23.8 Å². The van der Waals surface area contributed by atoms with Gasteiger partial charge in [-0.3, -0.25) is 9.47 Å². The summed E-state index contributed by atoms with van der Waals surface area (Å²) in [6.07, 6.45) is 3.72. The molecular formula is C22H20ClN5O2S. The van der Waals surface area contributed by atoms with E-state index in [1.807, 2.05) is 66.5 Å². The maximum Gasteiger partial charge on any atom is 0.246 e. The molecule has 0 aliphatic rings. The maximum atomic E-state index is 12.8. The van der Waals surface area contributed by atoms with Gasteiger partial charge in [0.1, 0.15) is 12.3 Å². The second-order valence-electron chi connectivity index (χ2n) is 6.62. The van der Waals surface area contributed by atoms with Gasteiger partial charge in [0, 0.05) is 23.0 Å². The lowest BCUT2D eigenvalue weighted by Gasteiger charge is -2.11. The Kier molecular flexibility index (Phi) is 6.20. The molecule has 2 aromatic heterocycles. The molecule has 158 valence electrons. The largest absolute Gasteiger partial charge is 0.492 e. The average molecular weight is 454 g/mol. The van der Waals surface area contributed by atoms with Crippen molar-refractivity contribution in [1.82, 2.24) is 19.1 Å². The van der Waals surface area contributed by atoms with Gasteiger partial charge in [0.25, 0.3) is 0 Å². The summed E-state index contributed by atoms with van der Waals surface area (Å²) in [5, 5.41) is 8.13. The van der Waals surface area contributed by atoms with Crippen molar-refractivity contribution in [3.63, 3.8) is 0 Å². The number of carbonyl (C=O) groups excluding carboxylic acids is 1. The molecule has 31 heavy (non-hydrogen) atoms. The fourth-order valence-electron chi connectivity index (χ4n) is 3.13. The van der Waals surface area contributed by atoms with Crippen LogP contribution in [0.3, 0.4) is 0 Å². The number of benzene rings is 2. The maximum absolute atomic E-state index is 12.8. The number of nitrogens with zero attached hydrogens (tertiary/aromatic N) is 4. The van der Waals surface area contributed by atoms with Gasteiger partial charge < -0.3 is 10.1 Å². The molecular weight excluding hydrogens is 434 g/mol. The van der Waals surface area contributed by atoms with E-state index in [2.05, 4.69) is 10.4 Å². The summed E-state index contributed by atoms with van der Waals surface area (Å²) in [7, 11) is 0. The fourth-order valence-corrected chi connectivity index (χ4v) is 3.54. The number of amides is 1. The van der Waals surface area contributed by atoms with Crippen molar-refractivity contribution in [2.75, 3.05) is 11.9 Å². The SMILES string of the molecule is CCOc1ccccc1NC(=O)Cn1nc(-c2ccc(Cl)cc2)n(-n2cccc2)c1=S. The van der Waals surface area contributed by atoms with Crippen molar-refractivity contribution in [1.29, 1.82) is 0 Å². The Morgan fingerprint density at radius 3 is 2.52 bits per heavy atom. The molecule has 1 N–H and O–H groups in total. The summed E-state index contributed by atoms with van der Waals surface area (Å²) in [4.78, 5) is 12.8. The summed E-state index contributed by atoms with van der Waals surface area (Å²) in [5.74, 6) is 0.949. The summed E-state index contributed by atoms with van der Waals surface area (Å²) in [5.41, 5.74) is 1.42. The number of ether oxygens (including phenoxy) is 1. The highest BCUT2D eigenvalue weighted by Crippen LogP contribution is 2.24. The van der Waals surface area contributed by atoms with Gasteiger partial charge in [-0.05, 0) is 67.7 Å². The van der Waals surface area contributed by atoms with Crippen LogP contribution < -0.4 is 10.1 Å². The van der Waals surface area contributed by atoms with E-state index in [1.165, 1.54) is 4.68 Å². The molecule has 0 unspecified atom stereocenters. The van der Waals surface area contributed by atoms with Gasteiger partial charge in [-0.25, -0.2) is 9.36 Å². The van der Waals surface area contributed by atoms with Crippen LogP contribution in [0.15, 0.2) is 73.1 Å². The Hall–Kier alpha value is -3.36. The summed E-state index contributed by atoms with van der Waals surface area (Å²) >= 11 is 11.7. The van der Waals surface area contributed by atoms with Crippen LogP contribution in [-0.4, -0.2) is 31.6 Å². The quantitative estimate of drug-likeness (QED) is 0.405. The Balaban J connectivity index is 1.66. The Labute approximate surface area is 189 Å². The van der Waals surface area contributed by atoms with E-state index in [0.717, 1.165) is 5.56 Å². The van der Waals surface area contributed by atoms with Crippen molar-refractivity contribution >= 4 is 35.4 Å². The number of nitrogens with one attached hydrogen (secondary N) is 1. The van der Waals surface area contributed by atoms with Gasteiger partial charge in [-0.15, -0.1) is 5.10 Å². The van der Waals surface area contributed by atoms with Crippen molar-refractivity contribution < 1.29 is 9.53 Å². The first-order chi connectivity index (χ1) is 15.1. The molecule has 0 aliphatic heterocycles. The van der Waals surface area contributed by atoms with Crippen LogP contribution in [-0.2, 0) is 11.3 Å². The van der Waals surface area contributed by atoms with Gasteiger partial charge in [0.15, 0.2) is 5.82 Å².